The molecule has 2 aromatic carbocycles. The van der Waals surface area contributed by atoms with Gasteiger partial charge in [0.25, 0.3) is 0 Å². The summed E-state index contributed by atoms with van der Waals surface area (Å²) in [6.45, 7) is 4.17. The highest BCUT2D eigenvalue weighted by Gasteiger charge is 2.20. The first-order valence-corrected chi connectivity index (χ1v) is 7.78. The Morgan fingerprint density at radius 2 is 1.86 bits per heavy atom. The molecule has 0 N–H and O–H groups in total. The van der Waals surface area contributed by atoms with Crippen LogP contribution in [0, 0.1) is 11.8 Å². The molecule has 21 heavy (non-hydrogen) atoms. The van der Waals surface area contributed by atoms with Crippen LogP contribution in [-0.4, -0.2) is 0 Å². The van der Waals surface area contributed by atoms with Crippen LogP contribution < -0.4 is 4.90 Å². The third-order valence-electron chi connectivity index (χ3n) is 3.98. The molecular weight excluding hydrogens is 254 g/mol. The highest BCUT2D eigenvalue weighted by molar-refractivity contribution is 5.56. The van der Waals surface area contributed by atoms with Gasteiger partial charge in [0.15, 0.2) is 0 Å². The van der Waals surface area contributed by atoms with Crippen molar-refractivity contribution in [2.75, 3.05) is 4.90 Å². The lowest BCUT2D eigenvalue weighted by Crippen LogP contribution is -2.14. The SMILES string of the molecule is CCCCC#Cc1cccc2c1CN(c1ccccc1)C2. The number of fused-ring (bicyclic) bond motifs is 1. The normalized spacial score (nSPS) is 12.7. The molecule has 0 spiro atoms. The fourth-order valence-corrected chi connectivity index (χ4v) is 2.78. The first kappa shape index (κ1) is 13.8. The third-order valence-corrected chi connectivity index (χ3v) is 3.98. The molecule has 0 saturated heterocycles. The van der Waals surface area contributed by atoms with Crippen LogP contribution in [0.2, 0.25) is 0 Å². The summed E-state index contributed by atoms with van der Waals surface area (Å²) in [7, 11) is 0. The Balaban J connectivity index is 1.81. The molecule has 1 heterocycles. The first-order valence-electron chi connectivity index (χ1n) is 7.78. The van der Waals surface area contributed by atoms with Gasteiger partial charge in [-0.3, -0.25) is 0 Å². The molecule has 1 aliphatic heterocycles. The maximum absolute atomic E-state index is 3.38. The van der Waals surface area contributed by atoms with Crippen LogP contribution in [0.4, 0.5) is 5.69 Å². The molecule has 0 aromatic heterocycles. The van der Waals surface area contributed by atoms with E-state index in [2.05, 4.69) is 72.2 Å². The molecule has 2 aromatic rings. The summed E-state index contributed by atoms with van der Waals surface area (Å²) in [6, 6.07) is 17.2. The summed E-state index contributed by atoms with van der Waals surface area (Å²) in [5.41, 5.74) is 5.33. The van der Waals surface area contributed by atoms with Gasteiger partial charge in [0.1, 0.15) is 0 Å². The van der Waals surface area contributed by atoms with Gasteiger partial charge in [-0.1, -0.05) is 55.5 Å². The van der Waals surface area contributed by atoms with Gasteiger partial charge in [-0.15, -0.1) is 0 Å². The van der Waals surface area contributed by atoms with Gasteiger partial charge in [0, 0.05) is 30.8 Å². The maximum Gasteiger partial charge on any atom is 0.0449 e. The van der Waals surface area contributed by atoms with E-state index in [1.165, 1.54) is 35.2 Å². The second-order valence-corrected chi connectivity index (χ2v) is 5.54. The molecule has 0 bridgehead atoms. The van der Waals surface area contributed by atoms with Crippen LogP contribution in [0.3, 0.4) is 0 Å². The molecule has 0 unspecified atom stereocenters. The maximum atomic E-state index is 3.38. The fourth-order valence-electron chi connectivity index (χ4n) is 2.78. The van der Waals surface area contributed by atoms with Crippen molar-refractivity contribution < 1.29 is 0 Å². The molecule has 0 radical (unpaired) electrons. The number of rotatable bonds is 3. The third kappa shape index (κ3) is 3.11. The van der Waals surface area contributed by atoms with Crippen LogP contribution in [0.5, 0.6) is 0 Å². The highest BCUT2D eigenvalue weighted by atomic mass is 15.1. The minimum Gasteiger partial charge on any atom is -0.363 e. The van der Waals surface area contributed by atoms with E-state index in [1.807, 2.05) is 0 Å². The van der Waals surface area contributed by atoms with E-state index >= 15 is 0 Å². The molecule has 3 rings (SSSR count). The van der Waals surface area contributed by atoms with Crippen LogP contribution in [0.1, 0.15) is 42.9 Å². The summed E-state index contributed by atoms with van der Waals surface area (Å²) in [5, 5.41) is 0. The summed E-state index contributed by atoms with van der Waals surface area (Å²) >= 11 is 0. The van der Waals surface area contributed by atoms with E-state index in [-0.39, 0.29) is 0 Å². The summed E-state index contributed by atoms with van der Waals surface area (Å²) in [5.74, 6) is 6.69. The van der Waals surface area contributed by atoms with E-state index in [9.17, 15) is 0 Å². The van der Waals surface area contributed by atoms with Gasteiger partial charge in [-0.2, -0.15) is 0 Å². The Bertz CT molecular complexity index is 661. The van der Waals surface area contributed by atoms with Crippen LogP contribution in [0.25, 0.3) is 0 Å². The zero-order valence-corrected chi connectivity index (χ0v) is 12.6. The average molecular weight is 275 g/mol. The number of benzene rings is 2. The van der Waals surface area contributed by atoms with Gasteiger partial charge in [0.05, 0.1) is 0 Å². The molecule has 0 fully saturated rings. The van der Waals surface area contributed by atoms with Crippen LogP contribution >= 0.6 is 0 Å². The van der Waals surface area contributed by atoms with E-state index < -0.39 is 0 Å². The van der Waals surface area contributed by atoms with E-state index in [1.54, 1.807) is 0 Å². The Morgan fingerprint density at radius 1 is 1.00 bits per heavy atom. The Kier molecular flexibility index (Phi) is 4.26. The van der Waals surface area contributed by atoms with Crippen molar-refractivity contribution in [3.05, 3.63) is 65.2 Å². The largest absolute Gasteiger partial charge is 0.363 e. The van der Waals surface area contributed by atoms with Gasteiger partial charge in [-0.05, 0) is 35.7 Å². The molecule has 0 atom stereocenters. The lowest BCUT2D eigenvalue weighted by atomic mass is 10.0. The van der Waals surface area contributed by atoms with Crippen LogP contribution in [-0.2, 0) is 13.1 Å². The quantitative estimate of drug-likeness (QED) is 0.577. The van der Waals surface area contributed by atoms with E-state index in [0.717, 1.165) is 19.5 Å². The van der Waals surface area contributed by atoms with Gasteiger partial charge < -0.3 is 4.90 Å². The fraction of sp³-hybridized carbons (Fsp3) is 0.300. The number of anilines is 1. The monoisotopic (exact) mass is 275 g/mol. The second kappa shape index (κ2) is 6.50. The molecule has 106 valence electrons. The summed E-state index contributed by atoms with van der Waals surface area (Å²) in [6.07, 6.45) is 3.41. The van der Waals surface area contributed by atoms with Gasteiger partial charge >= 0.3 is 0 Å². The molecule has 1 nitrogen and oxygen atoms in total. The second-order valence-electron chi connectivity index (χ2n) is 5.54. The molecule has 1 aliphatic rings. The van der Waals surface area contributed by atoms with Crippen molar-refractivity contribution >= 4 is 5.69 Å². The predicted octanol–water partition coefficient (Wildman–Crippen LogP) is 4.75. The number of nitrogens with zero attached hydrogens (tertiary/aromatic N) is 1. The lowest BCUT2D eigenvalue weighted by molar-refractivity contribution is 0.828. The molecule has 0 amide bonds. The first-order chi connectivity index (χ1) is 10.4. The van der Waals surface area contributed by atoms with Gasteiger partial charge in [-0.25, -0.2) is 0 Å². The summed E-state index contributed by atoms with van der Waals surface area (Å²) < 4.78 is 0. The number of hydrogen-bond acceptors (Lipinski definition) is 1. The minimum absolute atomic E-state index is 0.970. The van der Waals surface area contributed by atoms with Crippen molar-refractivity contribution in [3.63, 3.8) is 0 Å². The molecule has 0 saturated carbocycles. The van der Waals surface area contributed by atoms with Crippen LogP contribution in [0.15, 0.2) is 48.5 Å². The van der Waals surface area contributed by atoms with Crippen molar-refractivity contribution in [2.45, 2.75) is 39.3 Å². The lowest BCUT2D eigenvalue weighted by Gasteiger charge is -2.17. The zero-order chi connectivity index (χ0) is 14.5. The Morgan fingerprint density at radius 3 is 2.67 bits per heavy atom. The molecule has 0 aliphatic carbocycles. The highest BCUT2D eigenvalue weighted by Crippen LogP contribution is 2.29. The predicted molar refractivity (Wildman–Crippen MR) is 89.2 cm³/mol. The minimum atomic E-state index is 0.970. The van der Waals surface area contributed by atoms with E-state index in [4.69, 9.17) is 0 Å². The number of para-hydroxylation sites is 1. The zero-order valence-electron chi connectivity index (χ0n) is 12.6. The van der Waals surface area contributed by atoms with E-state index in [0.29, 0.717) is 0 Å². The summed E-state index contributed by atoms with van der Waals surface area (Å²) in [4.78, 5) is 2.42. The standard InChI is InChI=1S/C20H21N/c1-2-3-4-6-10-17-11-9-12-18-15-21(16-20(17)18)19-13-7-5-8-14-19/h5,7-9,11-14H,2-4,15-16H2,1H3. The van der Waals surface area contributed by atoms with Crippen molar-refractivity contribution in [3.8, 4) is 11.8 Å². The Labute approximate surface area is 127 Å². The van der Waals surface area contributed by atoms with Crippen molar-refractivity contribution in [2.24, 2.45) is 0 Å². The van der Waals surface area contributed by atoms with Crippen molar-refractivity contribution in [1.29, 1.82) is 0 Å². The molecular formula is C20H21N. The van der Waals surface area contributed by atoms with Crippen molar-refractivity contribution in [1.82, 2.24) is 0 Å². The number of hydrogen-bond donors (Lipinski definition) is 0. The smallest absolute Gasteiger partial charge is 0.0449 e. The topological polar surface area (TPSA) is 3.24 Å². The Hall–Kier alpha value is -2.20. The average Bonchev–Trinajstić information content (AvgIpc) is 2.97. The van der Waals surface area contributed by atoms with Gasteiger partial charge in [0.2, 0.25) is 0 Å². The molecule has 1 heteroatoms. The number of unbranched alkanes of at least 4 members (excludes halogenated alkanes) is 2.